The molecule has 0 unspecified atom stereocenters. The van der Waals surface area contributed by atoms with E-state index in [0.717, 1.165) is 35.7 Å². The van der Waals surface area contributed by atoms with Crippen LogP contribution in [0.1, 0.15) is 24.4 Å². The molecule has 0 aromatic carbocycles. The molecule has 0 saturated carbocycles. The van der Waals surface area contributed by atoms with Crippen molar-refractivity contribution in [3.63, 3.8) is 0 Å². The van der Waals surface area contributed by atoms with Crippen LogP contribution in [0.4, 0.5) is 5.13 Å². The molecule has 20 heavy (non-hydrogen) atoms. The summed E-state index contributed by atoms with van der Waals surface area (Å²) < 4.78 is 5.50. The lowest BCUT2D eigenvalue weighted by Crippen LogP contribution is -2.15. The Labute approximate surface area is 122 Å². The molecule has 0 aliphatic carbocycles. The van der Waals surface area contributed by atoms with E-state index in [4.69, 9.17) is 4.42 Å². The van der Waals surface area contributed by atoms with Gasteiger partial charge in [0.1, 0.15) is 11.5 Å². The van der Waals surface area contributed by atoms with Crippen molar-refractivity contribution in [2.75, 3.05) is 18.9 Å². The minimum Gasteiger partial charge on any atom is -0.466 e. The predicted octanol–water partition coefficient (Wildman–Crippen LogP) is 2.96. The molecule has 2 heterocycles. The highest BCUT2D eigenvalue weighted by molar-refractivity contribution is 7.14. The van der Waals surface area contributed by atoms with Gasteiger partial charge < -0.3 is 15.1 Å². The maximum Gasteiger partial charge on any atom is 0.226 e. The summed E-state index contributed by atoms with van der Waals surface area (Å²) in [6.07, 6.45) is 1.32. The van der Waals surface area contributed by atoms with Crippen molar-refractivity contribution in [2.45, 2.75) is 26.7 Å². The smallest absolute Gasteiger partial charge is 0.226 e. The third-order valence-corrected chi connectivity index (χ3v) is 3.66. The van der Waals surface area contributed by atoms with Crippen molar-refractivity contribution < 1.29 is 9.21 Å². The highest BCUT2D eigenvalue weighted by Gasteiger charge is 2.12. The lowest BCUT2D eigenvalue weighted by molar-refractivity contribution is -0.116. The summed E-state index contributed by atoms with van der Waals surface area (Å²) in [7, 11) is 1.88. The Morgan fingerprint density at radius 3 is 2.90 bits per heavy atom. The van der Waals surface area contributed by atoms with Gasteiger partial charge in [0.25, 0.3) is 0 Å². The summed E-state index contributed by atoms with van der Waals surface area (Å²) in [5.41, 5.74) is 1.82. The molecule has 0 atom stereocenters. The topological polar surface area (TPSA) is 67.2 Å². The van der Waals surface area contributed by atoms with Gasteiger partial charge in [0.05, 0.1) is 5.69 Å². The lowest BCUT2D eigenvalue weighted by atomic mass is 10.2. The van der Waals surface area contributed by atoms with Crippen LogP contribution in [0.15, 0.2) is 15.9 Å². The van der Waals surface area contributed by atoms with E-state index in [-0.39, 0.29) is 5.91 Å². The lowest BCUT2D eigenvalue weighted by Gasteiger charge is -2.01. The first-order valence-electron chi connectivity index (χ1n) is 6.57. The summed E-state index contributed by atoms with van der Waals surface area (Å²) in [6, 6.07) is 1.96. The van der Waals surface area contributed by atoms with E-state index in [2.05, 4.69) is 15.6 Å². The number of carbonyl (C=O) groups is 1. The van der Waals surface area contributed by atoms with Gasteiger partial charge in [-0.25, -0.2) is 4.98 Å². The minimum absolute atomic E-state index is 0.00115. The molecule has 0 saturated heterocycles. The Morgan fingerprint density at radius 2 is 2.25 bits per heavy atom. The van der Waals surface area contributed by atoms with Gasteiger partial charge in [-0.3, -0.25) is 4.79 Å². The van der Waals surface area contributed by atoms with Crippen LogP contribution in [0.3, 0.4) is 0 Å². The van der Waals surface area contributed by atoms with E-state index in [9.17, 15) is 4.79 Å². The highest BCUT2D eigenvalue weighted by atomic mass is 32.1. The number of amides is 1. The molecule has 0 radical (unpaired) electrons. The maximum absolute atomic E-state index is 11.7. The van der Waals surface area contributed by atoms with Gasteiger partial charge in [-0.05, 0) is 39.9 Å². The molecule has 0 aliphatic rings. The molecule has 0 fully saturated rings. The molecule has 5 nitrogen and oxygen atoms in total. The minimum atomic E-state index is 0.00115. The summed E-state index contributed by atoms with van der Waals surface area (Å²) in [5.74, 6) is 1.71. The van der Waals surface area contributed by atoms with Crippen LogP contribution in [-0.4, -0.2) is 24.5 Å². The number of nitrogens with zero attached hydrogens (tertiary/aromatic N) is 1. The number of aryl methyl sites for hydroxylation is 2. The second-order valence-electron chi connectivity index (χ2n) is 4.62. The first kappa shape index (κ1) is 14.7. The number of anilines is 1. The summed E-state index contributed by atoms with van der Waals surface area (Å²) in [6.45, 7) is 4.66. The van der Waals surface area contributed by atoms with E-state index in [0.29, 0.717) is 11.6 Å². The second kappa shape index (κ2) is 6.67. The van der Waals surface area contributed by atoms with Crippen LogP contribution >= 0.6 is 11.3 Å². The van der Waals surface area contributed by atoms with Gasteiger partial charge in [-0.2, -0.15) is 0 Å². The Bertz CT molecular complexity index is 589. The van der Waals surface area contributed by atoms with Gasteiger partial charge in [0, 0.05) is 17.4 Å². The van der Waals surface area contributed by atoms with Crippen LogP contribution in [0.25, 0.3) is 11.3 Å². The second-order valence-corrected chi connectivity index (χ2v) is 5.48. The molecule has 6 heteroatoms. The van der Waals surface area contributed by atoms with Crippen molar-refractivity contribution >= 4 is 22.4 Å². The van der Waals surface area contributed by atoms with Crippen LogP contribution in [0.2, 0.25) is 0 Å². The SMILES string of the molecule is CNCCCC(=O)Nc1nc(-c2cc(C)oc2C)cs1. The summed E-state index contributed by atoms with van der Waals surface area (Å²) in [5, 5.41) is 8.41. The zero-order valence-corrected chi connectivity index (χ0v) is 12.8. The van der Waals surface area contributed by atoms with Crippen molar-refractivity contribution in [1.82, 2.24) is 10.3 Å². The molecule has 1 amide bonds. The van der Waals surface area contributed by atoms with Gasteiger partial charge in [-0.15, -0.1) is 11.3 Å². The Balaban J connectivity index is 1.99. The zero-order chi connectivity index (χ0) is 14.5. The number of aromatic nitrogens is 1. The van der Waals surface area contributed by atoms with Crippen molar-refractivity contribution in [3.8, 4) is 11.3 Å². The Morgan fingerprint density at radius 1 is 1.45 bits per heavy atom. The largest absolute Gasteiger partial charge is 0.466 e. The number of thiazole rings is 1. The average molecular weight is 293 g/mol. The number of rotatable bonds is 6. The van der Waals surface area contributed by atoms with Gasteiger partial charge in [-0.1, -0.05) is 0 Å². The van der Waals surface area contributed by atoms with Crippen LogP contribution < -0.4 is 10.6 Å². The molecule has 2 aromatic rings. The van der Waals surface area contributed by atoms with Gasteiger partial charge in [0.15, 0.2) is 5.13 Å². The molecular weight excluding hydrogens is 274 g/mol. The third kappa shape index (κ3) is 3.68. The Hall–Kier alpha value is -1.66. The van der Waals surface area contributed by atoms with Crippen LogP contribution in [-0.2, 0) is 4.79 Å². The van der Waals surface area contributed by atoms with E-state index < -0.39 is 0 Å². The van der Waals surface area contributed by atoms with E-state index in [1.807, 2.05) is 32.3 Å². The van der Waals surface area contributed by atoms with Crippen LogP contribution in [0, 0.1) is 13.8 Å². The quantitative estimate of drug-likeness (QED) is 0.804. The molecule has 0 aliphatic heterocycles. The van der Waals surface area contributed by atoms with E-state index >= 15 is 0 Å². The number of nitrogens with one attached hydrogen (secondary N) is 2. The fraction of sp³-hybridized carbons (Fsp3) is 0.429. The highest BCUT2D eigenvalue weighted by Crippen LogP contribution is 2.29. The van der Waals surface area contributed by atoms with E-state index in [1.165, 1.54) is 11.3 Å². The number of carbonyl (C=O) groups excluding carboxylic acids is 1. The molecule has 0 bridgehead atoms. The molecule has 2 rings (SSSR count). The average Bonchev–Trinajstić information content (AvgIpc) is 2.96. The standard InChI is InChI=1S/C14H19N3O2S/c1-9-7-11(10(2)19-9)12-8-20-14(16-12)17-13(18)5-4-6-15-3/h7-8,15H,4-6H2,1-3H3,(H,16,17,18). The number of hydrogen-bond acceptors (Lipinski definition) is 5. The fourth-order valence-electron chi connectivity index (χ4n) is 1.95. The first-order chi connectivity index (χ1) is 9.60. The van der Waals surface area contributed by atoms with Crippen molar-refractivity contribution in [2.24, 2.45) is 0 Å². The zero-order valence-electron chi connectivity index (χ0n) is 11.9. The van der Waals surface area contributed by atoms with Crippen LogP contribution in [0.5, 0.6) is 0 Å². The first-order valence-corrected chi connectivity index (χ1v) is 7.45. The molecule has 108 valence electrons. The summed E-state index contributed by atoms with van der Waals surface area (Å²) >= 11 is 1.43. The third-order valence-electron chi connectivity index (χ3n) is 2.90. The number of hydrogen-bond donors (Lipinski definition) is 2. The van der Waals surface area contributed by atoms with Crippen molar-refractivity contribution in [1.29, 1.82) is 0 Å². The van der Waals surface area contributed by atoms with Crippen molar-refractivity contribution in [3.05, 3.63) is 23.0 Å². The van der Waals surface area contributed by atoms with Gasteiger partial charge in [0.2, 0.25) is 5.91 Å². The maximum atomic E-state index is 11.7. The normalized spacial score (nSPS) is 10.8. The van der Waals surface area contributed by atoms with Gasteiger partial charge >= 0.3 is 0 Å². The summed E-state index contributed by atoms with van der Waals surface area (Å²) in [4.78, 5) is 16.1. The van der Waals surface area contributed by atoms with E-state index in [1.54, 1.807) is 0 Å². The Kier molecular flexibility index (Phi) is 4.92. The molecule has 2 N–H and O–H groups in total. The molecule has 0 spiro atoms. The number of furan rings is 1. The molecular formula is C14H19N3O2S. The fourth-order valence-corrected chi connectivity index (χ4v) is 2.67. The predicted molar refractivity (Wildman–Crippen MR) is 81.1 cm³/mol. The monoisotopic (exact) mass is 293 g/mol. The molecule has 2 aromatic heterocycles.